The number of carbonyl (C=O) groups excluding carboxylic acids is 3. The first-order chi connectivity index (χ1) is 11.9. The number of fused-ring (bicyclic) bond motifs is 1. The number of nitrogens with zero attached hydrogens (tertiary/aromatic N) is 1. The van der Waals surface area contributed by atoms with Gasteiger partial charge in [0.05, 0.1) is 11.1 Å². The van der Waals surface area contributed by atoms with E-state index in [2.05, 4.69) is 26.6 Å². The van der Waals surface area contributed by atoms with Crippen molar-refractivity contribution in [3.8, 4) is 0 Å². The van der Waals surface area contributed by atoms with Crippen LogP contribution < -0.4 is 10.6 Å². The highest BCUT2D eigenvalue weighted by molar-refractivity contribution is 9.10. The van der Waals surface area contributed by atoms with Crippen LogP contribution in [0.3, 0.4) is 0 Å². The van der Waals surface area contributed by atoms with Gasteiger partial charge in [0, 0.05) is 30.5 Å². The Morgan fingerprint density at radius 3 is 2.36 bits per heavy atom. The molecule has 0 spiro atoms. The smallest absolute Gasteiger partial charge is 0.314 e. The van der Waals surface area contributed by atoms with E-state index in [9.17, 15) is 19.2 Å². The normalized spacial score (nSPS) is 12.9. The molecule has 0 aromatic heterocycles. The number of hydrogen-bond donors (Lipinski definition) is 3. The molecule has 0 fully saturated rings. The van der Waals surface area contributed by atoms with Crippen molar-refractivity contribution in [2.24, 2.45) is 0 Å². The minimum absolute atomic E-state index is 0.00383. The highest BCUT2D eigenvalue weighted by Crippen LogP contribution is 2.25. The number of rotatable bonds is 8. The van der Waals surface area contributed by atoms with Gasteiger partial charge in [0.25, 0.3) is 11.8 Å². The van der Waals surface area contributed by atoms with Crippen molar-refractivity contribution in [2.75, 3.05) is 19.6 Å². The number of carboxylic acid groups (broad SMARTS) is 1. The summed E-state index contributed by atoms with van der Waals surface area (Å²) in [4.78, 5) is 47.5. The number of nitrogens with one attached hydrogen (secondary N) is 2. The minimum atomic E-state index is -0.907. The number of carboxylic acids is 1. The van der Waals surface area contributed by atoms with Crippen molar-refractivity contribution in [1.29, 1.82) is 0 Å². The average molecular weight is 412 g/mol. The molecule has 1 aliphatic rings. The van der Waals surface area contributed by atoms with E-state index in [1.807, 2.05) is 0 Å². The third-order valence-corrected chi connectivity index (χ3v) is 4.12. The van der Waals surface area contributed by atoms with Gasteiger partial charge in [-0.15, -0.1) is 0 Å². The molecule has 0 bridgehead atoms. The number of imide groups is 1. The van der Waals surface area contributed by atoms with Crippen molar-refractivity contribution >= 4 is 39.7 Å². The van der Waals surface area contributed by atoms with E-state index < -0.39 is 12.0 Å². The van der Waals surface area contributed by atoms with Crippen LogP contribution in [0.5, 0.6) is 0 Å². The largest absolute Gasteiger partial charge is 0.481 e. The summed E-state index contributed by atoms with van der Waals surface area (Å²) in [7, 11) is 0. The Bertz CT molecular complexity index is 707. The maximum absolute atomic E-state index is 12.3. The molecule has 0 atom stereocenters. The van der Waals surface area contributed by atoms with E-state index in [0.717, 1.165) is 4.47 Å². The van der Waals surface area contributed by atoms with E-state index in [0.29, 0.717) is 30.5 Å². The van der Waals surface area contributed by atoms with Crippen LogP contribution in [0.2, 0.25) is 0 Å². The minimum Gasteiger partial charge on any atom is -0.481 e. The van der Waals surface area contributed by atoms with Gasteiger partial charge in [-0.25, -0.2) is 4.79 Å². The van der Waals surface area contributed by atoms with Crippen molar-refractivity contribution in [2.45, 2.75) is 19.3 Å². The number of amides is 4. The molecule has 3 N–H and O–H groups in total. The molecule has 0 unspecified atom stereocenters. The van der Waals surface area contributed by atoms with Crippen molar-refractivity contribution < 1.29 is 24.3 Å². The molecule has 0 saturated heterocycles. The van der Waals surface area contributed by atoms with Crippen LogP contribution in [0.4, 0.5) is 4.79 Å². The first kappa shape index (κ1) is 18.9. The zero-order valence-corrected chi connectivity index (χ0v) is 15.0. The lowest BCUT2D eigenvalue weighted by molar-refractivity contribution is -0.137. The quantitative estimate of drug-likeness (QED) is 0.443. The second kappa shape index (κ2) is 8.61. The molecule has 25 heavy (non-hydrogen) atoms. The van der Waals surface area contributed by atoms with Crippen LogP contribution >= 0.6 is 15.9 Å². The van der Waals surface area contributed by atoms with Crippen LogP contribution in [0.25, 0.3) is 0 Å². The third-order valence-electron chi connectivity index (χ3n) is 3.63. The zero-order chi connectivity index (χ0) is 18.4. The van der Waals surface area contributed by atoms with Gasteiger partial charge < -0.3 is 15.7 Å². The first-order valence-corrected chi connectivity index (χ1v) is 8.58. The number of benzene rings is 1. The first-order valence-electron chi connectivity index (χ1n) is 7.79. The molecule has 0 saturated carbocycles. The molecule has 8 nitrogen and oxygen atoms in total. The molecule has 1 aromatic carbocycles. The molecule has 134 valence electrons. The highest BCUT2D eigenvalue weighted by Gasteiger charge is 2.34. The summed E-state index contributed by atoms with van der Waals surface area (Å²) in [5, 5.41) is 13.6. The third kappa shape index (κ3) is 5.02. The van der Waals surface area contributed by atoms with Gasteiger partial charge in [-0.3, -0.25) is 19.3 Å². The SMILES string of the molecule is O=C(O)CCCNC(=O)NCCCN1C(=O)c2ccc(Br)cc2C1=O. The number of halogens is 1. The number of urea groups is 1. The number of carbonyl (C=O) groups is 4. The Morgan fingerprint density at radius 2 is 1.68 bits per heavy atom. The summed E-state index contributed by atoms with van der Waals surface area (Å²) < 4.78 is 0.732. The maximum Gasteiger partial charge on any atom is 0.314 e. The number of hydrogen-bond acceptors (Lipinski definition) is 4. The standard InChI is InChI=1S/C16H18BrN3O5/c17-10-4-5-11-12(9-10)15(24)20(14(11)23)8-2-7-19-16(25)18-6-1-3-13(21)22/h4-5,9H,1-3,6-8H2,(H,21,22)(H2,18,19,25). The lowest BCUT2D eigenvalue weighted by Crippen LogP contribution is -2.38. The summed E-state index contributed by atoms with van der Waals surface area (Å²) in [6.45, 7) is 0.774. The van der Waals surface area contributed by atoms with Crippen LogP contribution in [0.15, 0.2) is 22.7 Å². The van der Waals surface area contributed by atoms with Crippen LogP contribution in [-0.2, 0) is 4.79 Å². The summed E-state index contributed by atoms with van der Waals surface area (Å²) in [6, 6.07) is 4.54. The summed E-state index contributed by atoms with van der Waals surface area (Å²) in [5.41, 5.74) is 0.765. The highest BCUT2D eigenvalue weighted by atomic mass is 79.9. The Kier molecular flexibility index (Phi) is 6.51. The van der Waals surface area contributed by atoms with Gasteiger partial charge in [-0.05, 0) is 31.0 Å². The molecular weight excluding hydrogens is 394 g/mol. The molecule has 9 heteroatoms. The lowest BCUT2D eigenvalue weighted by atomic mass is 10.1. The molecule has 0 radical (unpaired) electrons. The fourth-order valence-electron chi connectivity index (χ4n) is 2.41. The summed E-state index contributed by atoms with van der Waals surface area (Å²) in [5.74, 6) is -1.57. The zero-order valence-electron chi connectivity index (χ0n) is 13.4. The average Bonchev–Trinajstić information content (AvgIpc) is 2.79. The van der Waals surface area contributed by atoms with Gasteiger partial charge in [-0.1, -0.05) is 15.9 Å². The van der Waals surface area contributed by atoms with Gasteiger partial charge in [0.2, 0.25) is 0 Å². The molecule has 1 heterocycles. The fourth-order valence-corrected chi connectivity index (χ4v) is 2.77. The second-order valence-electron chi connectivity index (χ2n) is 5.49. The topological polar surface area (TPSA) is 116 Å². The van der Waals surface area contributed by atoms with Crippen molar-refractivity contribution in [1.82, 2.24) is 15.5 Å². The van der Waals surface area contributed by atoms with Gasteiger partial charge in [0.1, 0.15) is 0 Å². The predicted octanol–water partition coefficient (Wildman–Crippen LogP) is 1.60. The van der Waals surface area contributed by atoms with Gasteiger partial charge in [-0.2, -0.15) is 0 Å². The number of aliphatic carboxylic acids is 1. The summed E-state index contributed by atoms with van der Waals surface area (Å²) >= 11 is 3.28. The van der Waals surface area contributed by atoms with E-state index in [1.54, 1.807) is 18.2 Å². The second-order valence-corrected chi connectivity index (χ2v) is 6.40. The van der Waals surface area contributed by atoms with Gasteiger partial charge >= 0.3 is 12.0 Å². The predicted molar refractivity (Wildman–Crippen MR) is 92.4 cm³/mol. The Hall–Kier alpha value is -2.42. The van der Waals surface area contributed by atoms with Crippen LogP contribution in [0, 0.1) is 0 Å². The van der Waals surface area contributed by atoms with E-state index in [4.69, 9.17) is 5.11 Å². The van der Waals surface area contributed by atoms with E-state index in [-0.39, 0.29) is 31.3 Å². The van der Waals surface area contributed by atoms with E-state index in [1.165, 1.54) is 4.90 Å². The van der Waals surface area contributed by atoms with Crippen molar-refractivity contribution in [3.05, 3.63) is 33.8 Å². The molecular formula is C16H18BrN3O5. The van der Waals surface area contributed by atoms with Crippen LogP contribution in [-0.4, -0.2) is 53.5 Å². The Labute approximate surface area is 152 Å². The van der Waals surface area contributed by atoms with Crippen molar-refractivity contribution in [3.63, 3.8) is 0 Å². The van der Waals surface area contributed by atoms with Gasteiger partial charge in [0.15, 0.2) is 0 Å². The molecule has 1 aliphatic heterocycles. The molecule has 1 aromatic rings. The Balaban J connectivity index is 1.71. The fraction of sp³-hybridized carbons (Fsp3) is 0.375. The molecule has 4 amide bonds. The molecule has 0 aliphatic carbocycles. The molecule has 2 rings (SSSR count). The monoisotopic (exact) mass is 411 g/mol. The summed E-state index contributed by atoms with van der Waals surface area (Å²) in [6.07, 6.45) is 0.776. The lowest BCUT2D eigenvalue weighted by Gasteiger charge is -2.14. The van der Waals surface area contributed by atoms with E-state index >= 15 is 0 Å². The Morgan fingerprint density at radius 1 is 1.04 bits per heavy atom. The maximum atomic E-state index is 12.3. The van der Waals surface area contributed by atoms with Crippen LogP contribution in [0.1, 0.15) is 40.0 Å².